The Labute approximate surface area is 216 Å². The maximum Gasteiger partial charge on any atom is 0.344 e. The Hall–Kier alpha value is -4.68. The Morgan fingerprint density at radius 1 is 0.838 bits per heavy atom. The Morgan fingerprint density at radius 3 is 2.57 bits per heavy atom. The van der Waals surface area contributed by atoms with Gasteiger partial charge in [-0.1, -0.05) is 48.0 Å². The fraction of sp³-hybridized carbons (Fsp3) is 0.0333. The SMILES string of the molecule is Cc1ccc(-c2nc3cc(NC(=O)c4cccc(-c5cc6ccccc6oc5=O)c4)ccc3o2)c(Cl)c1. The van der Waals surface area contributed by atoms with Gasteiger partial charge in [-0.05, 0) is 72.6 Å². The standard InChI is InChI=1S/C30H19ClN2O4/c1-17-9-11-22(24(31)13-17)29-33-25-16-21(10-12-27(25)36-29)32-28(34)20-7-4-6-18(14-20)23-15-19-5-2-3-8-26(19)37-30(23)35/h2-16H,1H3,(H,32,34). The first-order chi connectivity index (χ1) is 17.9. The quantitative estimate of drug-likeness (QED) is 0.250. The van der Waals surface area contributed by atoms with Gasteiger partial charge >= 0.3 is 5.63 Å². The summed E-state index contributed by atoms with van der Waals surface area (Å²) in [5, 5.41) is 4.25. The minimum Gasteiger partial charge on any atom is -0.436 e. The number of para-hydroxylation sites is 1. The number of nitrogens with one attached hydrogen (secondary N) is 1. The molecule has 0 aliphatic heterocycles. The van der Waals surface area contributed by atoms with Crippen molar-refractivity contribution in [3.05, 3.63) is 118 Å². The molecule has 6 nitrogen and oxygen atoms in total. The molecule has 6 rings (SSSR count). The number of amides is 1. The predicted octanol–water partition coefficient (Wildman–Crippen LogP) is 7.48. The van der Waals surface area contributed by atoms with Gasteiger partial charge in [0.1, 0.15) is 11.1 Å². The van der Waals surface area contributed by atoms with E-state index in [9.17, 15) is 9.59 Å². The molecular weight excluding hydrogens is 488 g/mol. The topological polar surface area (TPSA) is 85.3 Å². The van der Waals surface area contributed by atoms with Gasteiger partial charge in [0.2, 0.25) is 5.89 Å². The van der Waals surface area contributed by atoms with Gasteiger partial charge in [-0.15, -0.1) is 0 Å². The Balaban J connectivity index is 1.28. The van der Waals surface area contributed by atoms with Crippen molar-refractivity contribution in [1.82, 2.24) is 4.98 Å². The minimum absolute atomic E-state index is 0.323. The van der Waals surface area contributed by atoms with Crippen molar-refractivity contribution >= 4 is 45.3 Å². The van der Waals surface area contributed by atoms with Crippen LogP contribution in [0.15, 0.2) is 105 Å². The second kappa shape index (κ2) is 9.08. The fourth-order valence-electron chi connectivity index (χ4n) is 4.21. The molecule has 6 aromatic rings. The first-order valence-corrected chi connectivity index (χ1v) is 11.9. The van der Waals surface area contributed by atoms with Gasteiger partial charge in [-0.3, -0.25) is 4.79 Å². The maximum absolute atomic E-state index is 13.1. The molecule has 0 spiro atoms. The van der Waals surface area contributed by atoms with E-state index in [1.807, 2.05) is 43.3 Å². The molecule has 4 aromatic carbocycles. The average Bonchev–Trinajstić information content (AvgIpc) is 3.31. The van der Waals surface area contributed by atoms with E-state index < -0.39 is 5.63 Å². The van der Waals surface area contributed by atoms with Crippen molar-refractivity contribution in [3.8, 4) is 22.6 Å². The molecule has 0 saturated carbocycles. The normalized spacial score (nSPS) is 11.2. The Kier molecular flexibility index (Phi) is 5.58. The van der Waals surface area contributed by atoms with Crippen molar-refractivity contribution in [1.29, 1.82) is 0 Å². The van der Waals surface area contributed by atoms with Crippen molar-refractivity contribution in [3.63, 3.8) is 0 Å². The predicted molar refractivity (Wildman–Crippen MR) is 145 cm³/mol. The lowest BCUT2D eigenvalue weighted by atomic mass is 10.0. The summed E-state index contributed by atoms with van der Waals surface area (Å²) in [7, 11) is 0. The minimum atomic E-state index is -0.461. The molecular formula is C30H19ClN2O4. The molecule has 0 radical (unpaired) electrons. The molecule has 1 N–H and O–H groups in total. The van der Waals surface area contributed by atoms with Crippen molar-refractivity contribution < 1.29 is 13.6 Å². The number of oxazole rings is 1. The lowest BCUT2D eigenvalue weighted by Crippen LogP contribution is -2.12. The second-order valence-corrected chi connectivity index (χ2v) is 9.11. The van der Waals surface area contributed by atoms with Gasteiger partial charge in [-0.25, -0.2) is 9.78 Å². The number of carbonyl (C=O) groups excluding carboxylic acids is 1. The van der Waals surface area contributed by atoms with E-state index >= 15 is 0 Å². The van der Waals surface area contributed by atoms with E-state index in [0.717, 1.165) is 10.9 Å². The third-order valence-electron chi connectivity index (χ3n) is 6.08. The second-order valence-electron chi connectivity index (χ2n) is 8.71. The molecule has 0 fully saturated rings. The van der Waals surface area contributed by atoms with Gasteiger partial charge in [0.25, 0.3) is 5.91 Å². The zero-order valence-corrected chi connectivity index (χ0v) is 20.4. The van der Waals surface area contributed by atoms with Crippen molar-refractivity contribution in [2.24, 2.45) is 0 Å². The molecule has 0 bridgehead atoms. The summed E-state index contributed by atoms with van der Waals surface area (Å²) in [6, 6.07) is 26.8. The van der Waals surface area contributed by atoms with Gasteiger partial charge in [-0.2, -0.15) is 0 Å². The average molecular weight is 507 g/mol. The summed E-state index contributed by atoms with van der Waals surface area (Å²) in [5.41, 5.74) is 4.91. The zero-order chi connectivity index (χ0) is 25.5. The summed E-state index contributed by atoms with van der Waals surface area (Å²) in [5.74, 6) is 0.0852. The number of anilines is 1. The summed E-state index contributed by atoms with van der Waals surface area (Å²) in [6.45, 7) is 1.96. The highest BCUT2D eigenvalue weighted by atomic mass is 35.5. The van der Waals surface area contributed by atoms with Crippen LogP contribution in [0, 0.1) is 6.92 Å². The van der Waals surface area contributed by atoms with Gasteiger partial charge in [0.05, 0.1) is 16.1 Å². The number of halogens is 1. The van der Waals surface area contributed by atoms with E-state index in [1.54, 1.807) is 54.6 Å². The molecule has 2 heterocycles. The monoisotopic (exact) mass is 506 g/mol. The van der Waals surface area contributed by atoms with E-state index in [2.05, 4.69) is 10.3 Å². The molecule has 0 saturated heterocycles. The lowest BCUT2D eigenvalue weighted by molar-refractivity contribution is 0.102. The number of rotatable bonds is 4. The van der Waals surface area contributed by atoms with Crippen molar-refractivity contribution in [2.75, 3.05) is 5.32 Å². The van der Waals surface area contributed by atoms with Crippen LogP contribution in [-0.4, -0.2) is 10.9 Å². The largest absolute Gasteiger partial charge is 0.436 e. The third-order valence-corrected chi connectivity index (χ3v) is 6.39. The molecule has 0 unspecified atom stereocenters. The number of carbonyl (C=O) groups is 1. The summed E-state index contributed by atoms with van der Waals surface area (Å²) in [4.78, 5) is 30.2. The molecule has 180 valence electrons. The number of aryl methyl sites for hydroxylation is 1. The first kappa shape index (κ1) is 22.8. The van der Waals surface area contributed by atoms with Crippen LogP contribution in [0.2, 0.25) is 5.02 Å². The first-order valence-electron chi connectivity index (χ1n) is 11.6. The lowest BCUT2D eigenvalue weighted by Gasteiger charge is -2.07. The molecule has 0 atom stereocenters. The van der Waals surface area contributed by atoms with Gasteiger partial charge in [0, 0.05) is 16.6 Å². The number of hydrogen-bond donors (Lipinski definition) is 1. The van der Waals surface area contributed by atoms with E-state index in [4.69, 9.17) is 20.4 Å². The fourth-order valence-corrected chi connectivity index (χ4v) is 4.52. The molecule has 0 aliphatic carbocycles. The third kappa shape index (κ3) is 4.39. The summed E-state index contributed by atoms with van der Waals surface area (Å²) in [6.07, 6.45) is 0. The van der Waals surface area contributed by atoms with Crippen LogP contribution in [-0.2, 0) is 0 Å². The van der Waals surface area contributed by atoms with E-state index in [0.29, 0.717) is 55.5 Å². The summed E-state index contributed by atoms with van der Waals surface area (Å²) < 4.78 is 11.3. The Morgan fingerprint density at radius 2 is 1.70 bits per heavy atom. The highest BCUT2D eigenvalue weighted by molar-refractivity contribution is 6.33. The van der Waals surface area contributed by atoms with Crippen molar-refractivity contribution in [2.45, 2.75) is 6.92 Å². The number of aromatic nitrogens is 1. The van der Waals surface area contributed by atoms with Crippen LogP contribution >= 0.6 is 11.6 Å². The zero-order valence-electron chi connectivity index (χ0n) is 19.6. The van der Waals surface area contributed by atoms with Crippen LogP contribution < -0.4 is 10.9 Å². The van der Waals surface area contributed by atoms with Crippen LogP contribution in [0.3, 0.4) is 0 Å². The van der Waals surface area contributed by atoms with Crippen LogP contribution in [0.25, 0.3) is 44.7 Å². The number of hydrogen-bond acceptors (Lipinski definition) is 5. The smallest absolute Gasteiger partial charge is 0.344 e. The van der Waals surface area contributed by atoms with Gasteiger partial charge < -0.3 is 14.2 Å². The number of nitrogens with zero attached hydrogens (tertiary/aromatic N) is 1. The van der Waals surface area contributed by atoms with Gasteiger partial charge in [0.15, 0.2) is 5.58 Å². The van der Waals surface area contributed by atoms with E-state index in [-0.39, 0.29) is 5.91 Å². The molecule has 0 aliphatic rings. The highest BCUT2D eigenvalue weighted by Crippen LogP contribution is 2.31. The molecule has 1 amide bonds. The van der Waals surface area contributed by atoms with Crippen LogP contribution in [0.5, 0.6) is 0 Å². The van der Waals surface area contributed by atoms with Crippen LogP contribution in [0.4, 0.5) is 5.69 Å². The number of benzene rings is 4. The highest BCUT2D eigenvalue weighted by Gasteiger charge is 2.15. The molecule has 37 heavy (non-hydrogen) atoms. The Bertz CT molecular complexity index is 1890. The molecule has 2 aromatic heterocycles. The maximum atomic E-state index is 13.1. The van der Waals surface area contributed by atoms with Crippen LogP contribution in [0.1, 0.15) is 15.9 Å². The molecule has 7 heteroatoms. The number of fused-ring (bicyclic) bond motifs is 2. The summed E-state index contributed by atoms with van der Waals surface area (Å²) >= 11 is 6.37. The van der Waals surface area contributed by atoms with E-state index in [1.165, 1.54) is 0 Å².